The van der Waals surface area contributed by atoms with E-state index in [4.69, 9.17) is 26.1 Å². The minimum atomic E-state index is -1.18. The van der Waals surface area contributed by atoms with Gasteiger partial charge >= 0.3 is 11.6 Å². The summed E-state index contributed by atoms with van der Waals surface area (Å²) in [4.78, 5) is 20.7. The van der Waals surface area contributed by atoms with E-state index < -0.39 is 18.6 Å². The van der Waals surface area contributed by atoms with E-state index in [0.717, 1.165) is 10.9 Å². The Morgan fingerprint density at radius 2 is 2.05 bits per heavy atom. The Kier molecular flexibility index (Phi) is 5.24. The third-order valence-electron chi connectivity index (χ3n) is 2.49. The Bertz CT molecular complexity index is 665. The van der Waals surface area contributed by atoms with Crippen LogP contribution in [0.4, 0.5) is 5.69 Å². The molecule has 1 heterocycles. The molecular formula is C13H16N2O5. The molecule has 0 spiro atoms. The Morgan fingerprint density at radius 3 is 2.55 bits per heavy atom. The van der Waals surface area contributed by atoms with Gasteiger partial charge in [-0.05, 0) is 24.6 Å². The molecule has 0 aliphatic carbocycles. The number of hydrogen-bond acceptors (Lipinski definition) is 6. The molecule has 20 heavy (non-hydrogen) atoms. The van der Waals surface area contributed by atoms with Crippen LogP contribution in [0.15, 0.2) is 33.5 Å². The molecule has 0 fully saturated rings. The number of aliphatic hydroxyl groups is 1. The predicted octanol–water partition coefficient (Wildman–Crippen LogP) is 0.0742. The quantitative estimate of drug-likeness (QED) is 0.451. The lowest BCUT2D eigenvalue weighted by Crippen LogP contribution is -2.33. The number of aryl methyl sites for hydroxylation is 1. The van der Waals surface area contributed by atoms with Crippen LogP contribution in [0.1, 0.15) is 5.56 Å². The monoisotopic (exact) mass is 280 g/mol. The van der Waals surface area contributed by atoms with Crippen molar-refractivity contribution in [1.29, 1.82) is 0 Å². The lowest BCUT2D eigenvalue weighted by Gasteiger charge is -2.00. The number of fused-ring (bicyclic) bond motifs is 1. The number of carboxylic acid groups (broad SMARTS) is 1. The number of anilines is 1. The fourth-order valence-corrected chi connectivity index (χ4v) is 1.42. The van der Waals surface area contributed by atoms with Crippen LogP contribution < -0.4 is 17.1 Å². The number of benzene rings is 1. The summed E-state index contributed by atoms with van der Waals surface area (Å²) in [5, 5.41) is 16.8. The average Bonchev–Trinajstić information content (AvgIpc) is 2.37. The van der Waals surface area contributed by atoms with Crippen molar-refractivity contribution in [3.63, 3.8) is 0 Å². The zero-order valence-corrected chi connectivity index (χ0v) is 10.9. The van der Waals surface area contributed by atoms with Crippen molar-refractivity contribution in [3.8, 4) is 0 Å². The number of hydrogen-bond donors (Lipinski definition) is 4. The largest absolute Gasteiger partial charge is 0.480 e. The molecule has 2 aromatic rings. The van der Waals surface area contributed by atoms with E-state index in [2.05, 4.69) is 0 Å². The average molecular weight is 280 g/mol. The molecular weight excluding hydrogens is 264 g/mol. The molecule has 6 N–H and O–H groups in total. The van der Waals surface area contributed by atoms with E-state index in [-0.39, 0.29) is 5.63 Å². The van der Waals surface area contributed by atoms with Crippen molar-refractivity contribution in [2.45, 2.75) is 13.0 Å². The SMILES string of the molecule is Cc1cc(=O)oc2cc(N)ccc12.N[C@@H](CO)C(=O)O. The number of carboxylic acids is 1. The van der Waals surface area contributed by atoms with Gasteiger partial charge in [-0.3, -0.25) is 4.79 Å². The highest BCUT2D eigenvalue weighted by Crippen LogP contribution is 2.18. The maximum absolute atomic E-state index is 11.0. The summed E-state index contributed by atoms with van der Waals surface area (Å²) in [7, 11) is 0. The smallest absolute Gasteiger partial charge is 0.336 e. The van der Waals surface area contributed by atoms with E-state index in [1.807, 2.05) is 13.0 Å². The molecule has 1 atom stereocenters. The van der Waals surface area contributed by atoms with Crippen LogP contribution in [0.2, 0.25) is 0 Å². The van der Waals surface area contributed by atoms with Crippen molar-refractivity contribution in [2.24, 2.45) is 5.73 Å². The molecule has 0 aliphatic heterocycles. The highest BCUT2D eigenvalue weighted by Gasteiger charge is 2.07. The standard InChI is InChI=1S/C10H9NO2.C3H7NO3/c1-6-4-10(12)13-9-5-7(11)2-3-8(6)9;4-2(1-5)3(6)7/h2-5H,11H2,1H3;2,5H,1,4H2,(H,6,7)/t;2-/m.0/s1. The van der Waals surface area contributed by atoms with E-state index in [9.17, 15) is 9.59 Å². The van der Waals surface area contributed by atoms with E-state index in [0.29, 0.717) is 11.3 Å². The summed E-state index contributed by atoms with van der Waals surface area (Å²) in [5.41, 5.74) is 12.0. The van der Waals surface area contributed by atoms with Gasteiger partial charge in [0.05, 0.1) is 6.61 Å². The highest BCUT2D eigenvalue weighted by atomic mass is 16.4. The summed E-state index contributed by atoms with van der Waals surface area (Å²) < 4.78 is 4.99. The molecule has 0 saturated carbocycles. The minimum absolute atomic E-state index is 0.337. The predicted molar refractivity (Wildman–Crippen MR) is 74.3 cm³/mol. The van der Waals surface area contributed by atoms with Gasteiger partial charge in [0, 0.05) is 23.2 Å². The van der Waals surface area contributed by atoms with Gasteiger partial charge in [0.25, 0.3) is 0 Å². The number of aliphatic hydroxyl groups excluding tert-OH is 1. The van der Waals surface area contributed by atoms with E-state index in [1.54, 1.807) is 12.1 Å². The first kappa shape index (κ1) is 15.7. The second kappa shape index (κ2) is 6.69. The van der Waals surface area contributed by atoms with Crippen LogP contribution in [-0.2, 0) is 4.79 Å². The zero-order chi connectivity index (χ0) is 15.3. The molecule has 0 radical (unpaired) electrons. The maximum Gasteiger partial charge on any atom is 0.336 e. The van der Waals surface area contributed by atoms with Crippen LogP contribution >= 0.6 is 0 Å². The molecule has 1 aromatic heterocycles. The number of nitrogens with two attached hydrogens (primary N) is 2. The van der Waals surface area contributed by atoms with Gasteiger partial charge in [-0.2, -0.15) is 0 Å². The molecule has 7 heteroatoms. The van der Waals surface area contributed by atoms with Crippen LogP contribution in [0.25, 0.3) is 11.0 Å². The van der Waals surface area contributed by atoms with Crippen molar-refractivity contribution in [1.82, 2.24) is 0 Å². The van der Waals surface area contributed by atoms with E-state index >= 15 is 0 Å². The molecule has 7 nitrogen and oxygen atoms in total. The lowest BCUT2D eigenvalue weighted by molar-refractivity contribution is -0.139. The van der Waals surface area contributed by atoms with Crippen LogP contribution in [0.3, 0.4) is 0 Å². The summed E-state index contributed by atoms with van der Waals surface area (Å²) in [6.07, 6.45) is 0. The van der Waals surface area contributed by atoms with Crippen molar-refractivity contribution < 1.29 is 19.4 Å². The lowest BCUT2D eigenvalue weighted by atomic mass is 10.1. The first-order valence-corrected chi connectivity index (χ1v) is 5.74. The van der Waals surface area contributed by atoms with Gasteiger partial charge in [-0.25, -0.2) is 4.79 Å². The van der Waals surface area contributed by atoms with Crippen LogP contribution in [-0.4, -0.2) is 28.8 Å². The molecule has 0 bridgehead atoms. The topological polar surface area (TPSA) is 140 Å². The molecule has 2 rings (SSSR count). The number of nitrogen functional groups attached to an aromatic ring is 1. The second-order valence-electron chi connectivity index (χ2n) is 4.13. The van der Waals surface area contributed by atoms with Gasteiger partial charge in [0.1, 0.15) is 11.6 Å². The molecule has 0 amide bonds. The Labute approximate surface area is 114 Å². The Hall–Kier alpha value is -2.38. The number of carbonyl (C=O) groups is 1. The first-order valence-electron chi connectivity index (χ1n) is 5.74. The van der Waals surface area contributed by atoms with Gasteiger partial charge in [-0.15, -0.1) is 0 Å². The molecule has 0 saturated heterocycles. The van der Waals surface area contributed by atoms with Crippen LogP contribution in [0, 0.1) is 6.92 Å². The summed E-state index contributed by atoms with van der Waals surface area (Å²) >= 11 is 0. The Balaban J connectivity index is 0.000000246. The van der Waals surface area contributed by atoms with Gasteiger partial charge in [0.2, 0.25) is 0 Å². The fraction of sp³-hybridized carbons (Fsp3) is 0.231. The second-order valence-corrected chi connectivity index (χ2v) is 4.13. The number of aliphatic carboxylic acids is 1. The minimum Gasteiger partial charge on any atom is -0.480 e. The van der Waals surface area contributed by atoms with Crippen molar-refractivity contribution in [2.75, 3.05) is 12.3 Å². The molecule has 1 aromatic carbocycles. The van der Waals surface area contributed by atoms with E-state index in [1.165, 1.54) is 6.07 Å². The van der Waals surface area contributed by atoms with Crippen LogP contribution in [0.5, 0.6) is 0 Å². The maximum atomic E-state index is 11.0. The normalized spacial score (nSPS) is 11.6. The summed E-state index contributed by atoms with van der Waals surface area (Å²) in [6, 6.07) is 5.64. The number of rotatable bonds is 2. The molecule has 0 aliphatic rings. The zero-order valence-electron chi connectivity index (χ0n) is 10.9. The van der Waals surface area contributed by atoms with Crippen molar-refractivity contribution >= 4 is 22.6 Å². The molecule has 108 valence electrons. The highest BCUT2D eigenvalue weighted by molar-refractivity contribution is 5.82. The fourth-order valence-electron chi connectivity index (χ4n) is 1.42. The molecule has 0 unspecified atom stereocenters. The summed E-state index contributed by atoms with van der Waals surface area (Å²) in [6.45, 7) is 1.37. The Morgan fingerprint density at radius 1 is 1.40 bits per heavy atom. The first-order chi connectivity index (χ1) is 9.35. The van der Waals surface area contributed by atoms with Gasteiger partial charge < -0.3 is 26.1 Å². The summed E-state index contributed by atoms with van der Waals surface area (Å²) in [5.74, 6) is -1.18. The third kappa shape index (κ3) is 4.08. The third-order valence-corrected chi connectivity index (χ3v) is 2.49. The van der Waals surface area contributed by atoms with Gasteiger partial charge in [-0.1, -0.05) is 0 Å². The van der Waals surface area contributed by atoms with Crippen molar-refractivity contribution in [3.05, 3.63) is 40.2 Å². The van der Waals surface area contributed by atoms with Gasteiger partial charge in [0.15, 0.2) is 0 Å².